The van der Waals surface area contributed by atoms with Crippen LogP contribution in [0, 0.1) is 0 Å². The monoisotopic (exact) mass is 454 g/mol. The van der Waals surface area contributed by atoms with E-state index in [1.165, 1.54) is 23.5 Å². The van der Waals surface area contributed by atoms with E-state index >= 15 is 0 Å². The van der Waals surface area contributed by atoms with E-state index in [-0.39, 0.29) is 5.69 Å². The van der Waals surface area contributed by atoms with Crippen molar-refractivity contribution in [1.82, 2.24) is 4.98 Å². The van der Waals surface area contributed by atoms with E-state index in [2.05, 4.69) is 10.3 Å². The molecule has 0 radical (unpaired) electrons. The number of alkyl halides is 3. The molecule has 3 rings (SSSR count). The Morgan fingerprint density at radius 3 is 2.23 bits per heavy atom. The number of halogens is 3. The van der Waals surface area contributed by atoms with E-state index in [4.69, 9.17) is 24.5 Å². The van der Waals surface area contributed by atoms with Gasteiger partial charge in [0.1, 0.15) is 5.75 Å². The summed E-state index contributed by atoms with van der Waals surface area (Å²) in [5.41, 5.74) is 0.840. The number of aromatic nitrogens is 1. The van der Waals surface area contributed by atoms with Crippen LogP contribution in [0.25, 0.3) is 11.3 Å². The molecular weight excluding hydrogens is 437 g/mol. The summed E-state index contributed by atoms with van der Waals surface area (Å²) < 4.78 is 44.5. The number of rotatable bonds is 5. The van der Waals surface area contributed by atoms with Crippen LogP contribution in [0.3, 0.4) is 0 Å². The molecule has 0 saturated heterocycles. The largest absolute Gasteiger partial charge is 0.494 e. The molecular formula is C20H17F3N2O5S. The van der Waals surface area contributed by atoms with Gasteiger partial charge in [-0.1, -0.05) is 12.1 Å². The minimum Gasteiger partial charge on any atom is -0.494 e. The van der Waals surface area contributed by atoms with Gasteiger partial charge in [-0.25, -0.2) is 14.6 Å². The van der Waals surface area contributed by atoms with Crippen molar-refractivity contribution < 1.29 is 37.7 Å². The number of para-hydroxylation sites is 1. The van der Waals surface area contributed by atoms with Crippen LogP contribution in [0.5, 0.6) is 5.75 Å². The Hall–Kier alpha value is -3.60. The number of nitrogens with one attached hydrogen (secondary N) is 1. The molecule has 0 unspecified atom stereocenters. The molecule has 7 nitrogen and oxygen atoms in total. The molecule has 1 heterocycles. The van der Waals surface area contributed by atoms with E-state index in [0.717, 1.165) is 17.4 Å². The number of anilines is 2. The summed E-state index contributed by atoms with van der Waals surface area (Å²) in [4.78, 5) is 22.6. The molecule has 0 aliphatic carbocycles. The summed E-state index contributed by atoms with van der Waals surface area (Å²) in [6.07, 6.45) is -4.42. The van der Waals surface area contributed by atoms with Crippen LogP contribution in [-0.4, -0.2) is 33.7 Å². The van der Waals surface area contributed by atoms with Gasteiger partial charge in [0.15, 0.2) is 5.13 Å². The Labute approximate surface area is 178 Å². The van der Waals surface area contributed by atoms with Crippen molar-refractivity contribution in [3.63, 3.8) is 0 Å². The third-order valence-corrected chi connectivity index (χ3v) is 4.38. The van der Waals surface area contributed by atoms with Crippen molar-refractivity contribution in [2.75, 3.05) is 11.9 Å². The highest BCUT2D eigenvalue weighted by Gasteiger charge is 2.33. The van der Waals surface area contributed by atoms with Crippen LogP contribution in [0.4, 0.5) is 24.0 Å². The number of thiazole rings is 1. The van der Waals surface area contributed by atoms with E-state index in [1.54, 1.807) is 11.4 Å². The minimum atomic E-state index is -4.42. The fraction of sp³-hybridized carbons (Fsp3) is 0.150. The standard InChI is InChI=1S/C18H15F3N2OS.C2H2O4/c1-2-24-13-9-7-12(8-10-13)16-11-25-17(23-16)22-15-6-4-3-5-14(15)18(19,20)21;3-1(4)2(5)6/h3-11H,2H2,1H3,(H,22,23);(H,3,4)(H,5,6). The number of nitrogens with zero attached hydrogens (tertiary/aromatic N) is 1. The average Bonchev–Trinajstić information content (AvgIpc) is 3.17. The molecule has 31 heavy (non-hydrogen) atoms. The van der Waals surface area contributed by atoms with E-state index in [1.807, 2.05) is 31.2 Å². The van der Waals surface area contributed by atoms with Gasteiger partial charge in [0.2, 0.25) is 0 Å². The van der Waals surface area contributed by atoms with Crippen LogP contribution in [-0.2, 0) is 15.8 Å². The number of hydrogen-bond donors (Lipinski definition) is 3. The minimum absolute atomic E-state index is 0.0115. The van der Waals surface area contributed by atoms with Crippen LogP contribution >= 0.6 is 11.3 Å². The van der Waals surface area contributed by atoms with Gasteiger partial charge in [0, 0.05) is 10.9 Å². The van der Waals surface area contributed by atoms with Crippen molar-refractivity contribution in [2.24, 2.45) is 0 Å². The number of aliphatic carboxylic acids is 2. The van der Waals surface area contributed by atoms with Crippen LogP contribution in [0.15, 0.2) is 53.9 Å². The molecule has 2 aromatic carbocycles. The van der Waals surface area contributed by atoms with Gasteiger partial charge in [-0.3, -0.25) is 0 Å². The van der Waals surface area contributed by atoms with Gasteiger partial charge >= 0.3 is 18.1 Å². The first-order valence-corrected chi connectivity index (χ1v) is 9.58. The molecule has 3 aromatic rings. The summed E-state index contributed by atoms with van der Waals surface area (Å²) in [5, 5.41) is 19.7. The zero-order chi connectivity index (χ0) is 23.0. The summed E-state index contributed by atoms with van der Waals surface area (Å²) in [5.74, 6) is -2.89. The van der Waals surface area contributed by atoms with E-state index < -0.39 is 23.7 Å². The molecule has 0 aliphatic heterocycles. The highest BCUT2D eigenvalue weighted by atomic mass is 32.1. The summed E-state index contributed by atoms with van der Waals surface area (Å²) in [7, 11) is 0. The normalized spacial score (nSPS) is 10.6. The highest BCUT2D eigenvalue weighted by Crippen LogP contribution is 2.37. The lowest BCUT2D eigenvalue weighted by Gasteiger charge is -2.12. The second kappa shape index (κ2) is 10.4. The molecule has 1 aromatic heterocycles. The second-order valence-electron chi connectivity index (χ2n) is 5.77. The number of ether oxygens (including phenoxy) is 1. The van der Waals surface area contributed by atoms with Crippen molar-refractivity contribution in [3.05, 3.63) is 59.5 Å². The number of carboxylic acids is 2. The average molecular weight is 454 g/mol. The Kier molecular flexibility index (Phi) is 7.97. The zero-order valence-corrected chi connectivity index (χ0v) is 16.8. The predicted octanol–water partition coefficient (Wildman–Crippen LogP) is 5.13. The summed E-state index contributed by atoms with van der Waals surface area (Å²) in [6, 6.07) is 12.8. The predicted molar refractivity (Wildman–Crippen MR) is 109 cm³/mol. The molecule has 0 atom stereocenters. The van der Waals surface area contributed by atoms with Gasteiger partial charge in [-0.2, -0.15) is 13.2 Å². The smallest absolute Gasteiger partial charge is 0.418 e. The SMILES string of the molecule is CCOc1ccc(-c2csc(Nc3ccccc3C(F)(F)F)n2)cc1.O=C(O)C(=O)O. The molecule has 11 heteroatoms. The maximum absolute atomic E-state index is 13.1. The lowest BCUT2D eigenvalue weighted by atomic mass is 10.1. The second-order valence-corrected chi connectivity index (χ2v) is 6.63. The van der Waals surface area contributed by atoms with E-state index in [9.17, 15) is 13.2 Å². The van der Waals surface area contributed by atoms with Crippen LogP contribution in [0.1, 0.15) is 12.5 Å². The molecule has 0 aliphatic rings. The molecule has 3 N–H and O–H groups in total. The lowest BCUT2D eigenvalue weighted by Crippen LogP contribution is -2.09. The summed E-state index contributed by atoms with van der Waals surface area (Å²) in [6.45, 7) is 2.49. The van der Waals surface area contributed by atoms with Crippen molar-refractivity contribution in [3.8, 4) is 17.0 Å². The van der Waals surface area contributed by atoms with E-state index in [0.29, 0.717) is 17.4 Å². The third-order valence-electron chi connectivity index (χ3n) is 3.62. The first kappa shape index (κ1) is 23.7. The lowest BCUT2D eigenvalue weighted by molar-refractivity contribution is -0.159. The molecule has 0 saturated carbocycles. The quantitative estimate of drug-likeness (QED) is 0.459. The Morgan fingerprint density at radius 1 is 1.06 bits per heavy atom. The molecule has 164 valence electrons. The van der Waals surface area contributed by atoms with Crippen molar-refractivity contribution >= 4 is 34.1 Å². The third kappa shape index (κ3) is 7.00. The fourth-order valence-electron chi connectivity index (χ4n) is 2.31. The number of carbonyl (C=O) groups is 2. The molecule has 0 fully saturated rings. The molecule has 0 amide bonds. The first-order chi connectivity index (χ1) is 14.6. The number of benzene rings is 2. The zero-order valence-electron chi connectivity index (χ0n) is 16.0. The van der Waals surface area contributed by atoms with Gasteiger partial charge in [0.25, 0.3) is 0 Å². The van der Waals surface area contributed by atoms with Gasteiger partial charge in [-0.05, 0) is 43.3 Å². The van der Waals surface area contributed by atoms with Gasteiger partial charge < -0.3 is 20.3 Å². The van der Waals surface area contributed by atoms with Crippen LogP contribution < -0.4 is 10.1 Å². The topological polar surface area (TPSA) is 109 Å². The maximum Gasteiger partial charge on any atom is 0.418 e. The molecule has 0 bridgehead atoms. The summed E-state index contributed by atoms with van der Waals surface area (Å²) >= 11 is 1.25. The van der Waals surface area contributed by atoms with Crippen molar-refractivity contribution in [2.45, 2.75) is 13.1 Å². The fourth-order valence-corrected chi connectivity index (χ4v) is 3.04. The highest BCUT2D eigenvalue weighted by molar-refractivity contribution is 7.14. The number of hydrogen-bond acceptors (Lipinski definition) is 6. The Morgan fingerprint density at radius 2 is 1.68 bits per heavy atom. The van der Waals surface area contributed by atoms with Crippen LogP contribution in [0.2, 0.25) is 0 Å². The maximum atomic E-state index is 13.1. The Bertz CT molecular complexity index is 1020. The van der Waals surface area contributed by atoms with Gasteiger partial charge in [0.05, 0.1) is 23.6 Å². The van der Waals surface area contributed by atoms with Gasteiger partial charge in [-0.15, -0.1) is 11.3 Å². The molecule has 0 spiro atoms. The first-order valence-electron chi connectivity index (χ1n) is 8.70. The Balaban J connectivity index is 0.000000501. The number of carboxylic acid groups (broad SMARTS) is 2. The van der Waals surface area contributed by atoms with Crippen molar-refractivity contribution in [1.29, 1.82) is 0 Å².